The summed E-state index contributed by atoms with van der Waals surface area (Å²) in [6, 6.07) is 5.63. The second-order valence-electron chi connectivity index (χ2n) is 6.23. The Morgan fingerprint density at radius 3 is 2.54 bits per heavy atom. The Bertz CT molecular complexity index is 599. The molecule has 2 heterocycles. The summed E-state index contributed by atoms with van der Waals surface area (Å²) in [5.41, 5.74) is 8.54. The highest BCUT2D eigenvalue weighted by atomic mass is 35.5. The first-order chi connectivity index (χ1) is 11.6. The first-order valence-electron chi connectivity index (χ1n) is 8.34. The Balaban J connectivity index is 1.99. The van der Waals surface area contributed by atoms with E-state index in [0.29, 0.717) is 49.9 Å². The van der Waals surface area contributed by atoms with Gasteiger partial charge in [0, 0.05) is 35.3 Å². The normalized spacial score (nSPS) is 29.2. The van der Waals surface area contributed by atoms with Crippen molar-refractivity contribution >= 4 is 17.2 Å². The molecule has 0 radical (unpaired) electrons. The summed E-state index contributed by atoms with van der Waals surface area (Å²) in [7, 11) is 0. The van der Waals surface area contributed by atoms with Crippen LogP contribution in [0.15, 0.2) is 24.0 Å². The number of nitrogens with two attached hydrogens (primary N) is 1. The molecule has 0 aromatic heterocycles. The summed E-state index contributed by atoms with van der Waals surface area (Å²) >= 11 is 6.37. The highest BCUT2D eigenvalue weighted by Gasteiger charge is 2.38. The number of halogens is 1. The second kappa shape index (κ2) is 7.85. The molecule has 6 heteroatoms. The second-order valence-corrected chi connectivity index (χ2v) is 6.64. The Labute approximate surface area is 147 Å². The van der Waals surface area contributed by atoms with Gasteiger partial charge in [-0.05, 0) is 31.4 Å². The smallest absolute Gasteiger partial charge is 0.136 e. The number of aryl methyl sites for hydroxylation is 1. The molecule has 0 spiro atoms. The molecule has 1 saturated heterocycles. The SMILES string of the molecule is Cc1cccc(Cl)c1C1=C(O)C2CCOCCOCCC2OC1N. The van der Waals surface area contributed by atoms with Gasteiger partial charge in [-0.1, -0.05) is 23.7 Å². The molecule has 3 N–H and O–H groups in total. The molecule has 2 aliphatic heterocycles. The van der Waals surface area contributed by atoms with Crippen LogP contribution in [0.25, 0.3) is 5.57 Å². The lowest BCUT2D eigenvalue weighted by Crippen LogP contribution is -2.43. The van der Waals surface area contributed by atoms with Gasteiger partial charge >= 0.3 is 0 Å². The van der Waals surface area contributed by atoms with Crippen molar-refractivity contribution in [2.45, 2.75) is 32.1 Å². The third kappa shape index (κ3) is 3.60. The molecule has 3 unspecified atom stereocenters. The number of ether oxygens (including phenoxy) is 3. The van der Waals surface area contributed by atoms with E-state index in [9.17, 15) is 5.11 Å². The number of fused-ring (bicyclic) bond motifs is 1. The topological polar surface area (TPSA) is 73.9 Å². The number of hydrogen-bond acceptors (Lipinski definition) is 5. The predicted octanol–water partition coefficient (Wildman–Crippen LogP) is 3.04. The third-order valence-electron chi connectivity index (χ3n) is 4.67. The molecule has 0 bridgehead atoms. The highest BCUT2D eigenvalue weighted by molar-refractivity contribution is 6.32. The zero-order valence-electron chi connectivity index (χ0n) is 13.8. The Morgan fingerprint density at radius 2 is 1.83 bits per heavy atom. The van der Waals surface area contributed by atoms with E-state index >= 15 is 0 Å². The molecule has 5 nitrogen and oxygen atoms in total. The van der Waals surface area contributed by atoms with Crippen molar-refractivity contribution < 1.29 is 19.3 Å². The zero-order chi connectivity index (χ0) is 17.1. The fourth-order valence-electron chi connectivity index (χ4n) is 3.44. The van der Waals surface area contributed by atoms with E-state index in [4.69, 9.17) is 31.5 Å². The first-order valence-corrected chi connectivity index (χ1v) is 8.72. The molecule has 1 aromatic carbocycles. The van der Waals surface area contributed by atoms with Crippen LogP contribution in [0.4, 0.5) is 0 Å². The van der Waals surface area contributed by atoms with E-state index in [1.54, 1.807) is 6.07 Å². The standard InChI is InChI=1S/C18H24ClNO4/c1-11-3-2-4-13(19)15(11)16-17(21)12-5-7-22-9-10-23-8-6-14(12)24-18(16)20/h2-4,12,14,18,21H,5-10,20H2,1H3. The van der Waals surface area contributed by atoms with Gasteiger partial charge in [-0.3, -0.25) is 0 Å². The number of aliphatic hydroxyl groups is 1. The van der Waals surface area contributed by atoms with Gasteiger partial charge < -0.3 is 25.1 Å². The van der Waals surface area contributed by atoms with Crippen molar-refractivity contribution in [3.05, 3.63) is 40.1 Å². The van der Waals surface area contributed by atoms with Crippen molar-refractivity contribution in [2.75, 3.05) is 26.4 Å². The lowest BCUT2D eigenvalue weighted by Gasteiger charge is -2.37. The van der Waals surface area contributed by atoms with Crippen LogP contribution in [-0.2, 0) is 14.2 Å². The van der Waals surface area contributed by atoms with E-state index in [0.717, 1.165) is 11.1 Å². The Hall–Kier alpha value is -1.11. The maximum Gasteiger partial charge on any atom is 0.136 e. The van der Waals surface area contributed by atoms with Crippen LogP contribution in [0.3, 0.4) is 0 Å². The van der Waals surface area contributed by atoms with E-state index in [2.05, 4.69) is 0 Å². The number of hydrogen-bond donors (Lipinski definition) is 2. The van der Waals surface area contributed by atoms with Gasteiger partial charge in [0.05, 0.1) is 19.3 Å². The zero-order valence-corrected chi connectivity index (χ0v) is 14.6. The van der Waals surface area contributed by atoms with Crippen LogP contribution < -0.4 is 5.73 Å². The minimum atomic E-state index is -0.714. The van der Waals surface area contributed by atoms with Crippen LogP contribution in [0.1, 0.15) is 24.0 Å². The highest BCUT2D eigenvalue weighted by Crippen LogP contribution is 2.40. The van der Waals surface area contributed by atoms with E-state index < -0.39 is 6.23 Å². The molecule has 0 amide bonds. The fraction of sp³-hybridized carbons (Fsp3) is 0.556. The van der Waals surface area contributed by atoms with Crippen molar-refractivity contribution in [2.24, 2.45) is 11.7 Å². The van der Waals surface area contributed by atoms with Gasteiger partial charge in [-0.2, -0.15) is 0 Å². The molecule has 132 valence electrons. The van der Waals surface area contributed by atoms with Crippen LogP contribution in [0.5, 0.6) is 0 Å². The average Bonchev–Trinajstić information content (AvgIpc) is 2.55. The number of aliphatic hydroxyl groups excluding tert-OH is 1. The van der Waals surface area contributed by atoms with Crippen molar-refractivity contribution in [1.29, 1.82) is 0 Å². The van der Waals surface area contributed by atoms with Gasteiger partial charge in [-0.15, -0.1) is 0 Å². The summed E-state index contributed by atoms with van der Waals surface area (Å²) in [4.78, 5) is 0. The van der Waals surface area contributed by atoms with Gasteiger partial charge in [0.15, 0.2) is 0 Å². The molecule has 1 aromatic rings. The van der Waals surface area contributed by atoms with E-state index in [-0.39, 0.29) is 17.8 Å². The average molecular weight is 354 g/mol. The first kappa shape index (κ1) is 17.7. The quantitative estimate of drug-likeness (QED) is 0.811. The summed E-state index contributed by atoms with van der Waals surface area (Å²) in [5.74, 6) is 0.0938. The van der Waals surface area contributed by atoms with Crippen LogP contribution in [0.2, 0.25) is 5.02 Å². The predicted molar refractivity (Wildman–Crippen MR) is 92.9 cm³/mol. The number of benzene rings is 1. The lowest BCUT2D eigenvalue weighted by molar-refractivity contribution is -0.0668. The summed E-state index contributed by atoms with van der Waals surface area (Å²) in [5, 5.41) is 11.5. The molecule has 2 aliphatic rings. The summed E-state index contributed by atoms with van der Waals surface area (Å²) < 4.78 is 17.1. The molecule has 3 rings (SSSR count). The Morgan fingerprint density at radius 1 is 1.12 bits per heavy atom. The van der Waals surface area contributed by atoms with Crippen molar-refractivity contribution in [1.82, 2.24) is 0 Å². The molecule has 24 heavy (non-hydrogen) atoms. The van der Waals surface area contributed by atoms with Crippen molar-refractivity contribution in [3.8, 4) is 0 Å². The largest absolute Gasteiger partial charge is 0.511 e. The molecule has 3 atom stereocenters. The Kier molecular flexibility index (Phi) is 5.79. The molecule has 0 saturated carbocycles. The summed E-state index contributed by atoms with van der Waals surface area (Å²) in [6.07, 6.45) is 0.468. The molecular weight excluding hydrogens is 330 g/mol. The van der Waals surface area contributed by atoms with Crippen molar-refractivity contribution in [3.63, 3.8) is 0 Å². The van der Waals surface area contributed by atoms with Gasteiger partial charge in [0.25, 0.3) is 0 Å². The molecule has 1 fully saturated rings. The molecule has 0 aliphatic carbocycles. The molecular formula is C18H24ClNO4. The lowest BCUT2D eigenvalue weighted by atomic mass is 9.85. The maximum absolute atomic E-state index is 11.0. The minimum Gasteiger partial charge on any atom is -0.511 e. The van der Waals surface area contributed by atoms with Crippen LogP contribution >= 0.6 is 11.6 Å². The summed E-state index contributed by atoms with van der Waals surface area (Å²) in [6.45, 7) is 4.20. The number of rotatable bonds is 1. The third-order valence-corrected chi connectivity index (χ3v) is 4.98. The van der Waals surface area contributed by atoms with Gasteiger partial charge in [-0.25, -0.2) is 0 Å². The van der Waals surface area contributed by atoms with Gasteiger partial charge in [0.1, 0.15) is 12.0 Å². The fourth-order valence-corrected chi connectivity index (χ4v) is 3.76. The van der Waals surface area contributed by atoms with Crippen LogP contribution in [0, 0.1) is 12.8 Å². The van der Waals surface area contributed by atoms with E-state index in [1.165, 1.54) is 0 Å². The van der Waals surface area contributed by atoms with Crippen LogP contribution in [-0.4, -0.2) is 43.9 Å². The minimum absolute atomic E-state index is 0.169. The van der Waals surface area contributed by atoms with E-state index in [1.807, 2.05) is 19.1 Å². The monoisotopic (exact) mass is 353 g/mol. The van der Waals surface area contributed by atoms with Gasteiger partial charge in [0.2, 0.25) is 0 Å². The maximum atomic E-state index is 11.0.